The number of nitrogens with zero attached hydrogens (tertiary/aromatic N) is 1. The standard InChI is InChI=1S/C21H21N.C7H5NO3S/c1-4-10-19(11-5-1)16-22(17-20-12-6-2-7-13-20)18-21-14-8-3-9-15-21;9-7-5-3-1-2-4-6(5)12(10,11)8-7/h1-15H,16-18H2;1-4H,(H,8,9). The van der Waals surface area contributed by atoms with Crippen molar-refractivity contribution in [3.8, 4) is 0 Å². The van der Waals surface area contributed by atoms with Gasteiger partial charge in [-0.05, 0) is 28.8 Å². The Morgan fingerprint density at radius 3 is 1.35 bits per heavy atom. The molecule has 0 atom stereocenters. The predicted octanol–water partition coefficient (Wildman–Crippen LogP) is 5.01. The Labute approximate surface area is 200 Å². The van der Waals surface area contributed by atoms with E-state index in [9.17, 15) is 13.2 Å². The molecule has 0 saturated carbocycles. The van der Waals surface area contributed by atoms with Crippen molar-refractivity contribution in [2.24, 2.45) is 0 Å². The molecule has 0 radical (unpaired) electrons. The van der Waals surface area contributed by atoms with Gasteiger partial charge in [-0.2, -0.15) is 0 Å². The van der Waals surface area contributed by atoms with Gasteiger partial charge in [0.05, 0.1) is 5.56 Å². The van der Waals surface area contributed by atoms with Gasteiger partial charge in [0.25, 0.3) is 15.9 Å². The normalized spacial score (nSPS) is 13.5. The maximum Gasteiger partial charge on any atom is 0.266 e. The zero-order chi connectivity index (χ0) is 23.8. The van der Waals surface area contributed by atoms with Gasteiger partial charge in [-0.1, -0.05) is 103 Å². The van der Waals surface area contributed by atoms with Crippen LogP contribution in [0.1, 0.15) is 27.0 Å². The highest BCUT2D eigenvalue weighted by Gasteiger charge is 2.31. The number of fused-ring (bicyclic) bond motifs is 1. The van der Waals surface area contributed by atoms with Gasteiger partial charge in [0.2, 0.25) is 0 Å². The second kappa shape index (κ2) is 10.9. The lowest BCUT2D eigenvalue weighted by Crippen LogP contribution is -2.22. The highest BCUT2D eigenvalue weighted by molar-refractivity contribution is 7.90. The quantitative estimate of drug-likeness (QED) is 0.430. The third-order valence-corrected chi connectivity index (χ3v) is 6.78. The minimum Gasteiger partial charge on any atom is -0.291 e. The Bertz CT molecular complexity index is 1230. The molecule has 1 aliphatic heterocycles. The van der Waals surface area contributed by atoms with Crippen molar-refractivity contribution in [2.75, 3.05) is 0 Å². The van der Waals surface area contributed by atoms with E-state index in [2.05, 4.69) is 95.9 Å². The second-order valence-corrected chi connectivity index (χ2v) is 9.68. The average Bonchev–Trinajstić information content (AvgIpc) is 3.10. The van der Waals surface area contributed by atoms with Crippen LogP contribution in [0.15, 0.2) is 120 Å². The van der Waals surface area contributed by atoms with E-state index in [1.807, 2.05) is 4.72 Å². The molecule has 1 amide bonds. The van der Waals surface area contributed by atoms with Crippen molar-refractivity contribution in [2.45, 2.75) is 24.5 Å². The Kier molecular flexibility index (Phi) is 7.52. The van der Waals surface area contributed by atoms with E-state index in [1.54, 1.807) is 12.1 Å². The highest BCUT2D eigenvalue weighted by Crippen LogP contribution is 2.21. The molecule has 0 spiro atoms. The lowest BCUT2D eigenvalue weighted by molar-refractivity contribution is 0.0985. The maximum absolute atomic E-state index is 11.1. The number of sulfonamides is 1. The zero-order valence-corrected chi connectivity index (χ0v) is 19.5. The smallest absolute Gasteiger partial charge is 0.266 e. The summed E-state index contributed by atoms with van der Waals surface area (Å²) in [7, 11) is -3.55. The van der Waals surface area contributed by atoms with Gasteiger partial charge in [-0.3, -0.25) is 9.69 Å². The van der Waals surface area contributed by atoms with Crippen molar-refractivity contribution >= 4 is 15.9 Å². The van der Waals surface area contributed by atoms with Crippen LogP contribution in [0, 0.1) is 0 Å². The van der Waals surface area contributed by atoms with Gasteiger partial charge in [0.15, 0.2) is 0 Å². The number of nitrogens with one attached hydrogen (secondary N) is 1. The zero-order valence-electron chi connectivity index (χ0n) is 18.7. The molecule has 172 valence electrons. The first-order valence-corrected chi connectivity index (χ1v) is 12.5. The van der Waals surface area contributed by atoms with E-state index in [4.69, 9.17) is 0 Å². The minimum atomic E-state index is -3.55. The Morgan fingerprint density at radius 1 is 0.559 bits per heavy atom. The molecule has 0 unspecified atom stereocenters. The van der Waals surface area contributed by atoms with Crippen LogP contribution in [0.3, 0.4) is 0 Å². The Balaban J connectivity index is 0.000000192. The number of carbonyl (C=O) groups is 1. The van der Waals surface area contributed by atoms with Crippen molar-refractivity contribution in [1.82, 2.24) is 9.62 Å². The summed E-state index contributed by atoms with van der Waals surface area (Å²) in [5, 5.41) is 0. The average molecular weight is 471 g/mol. The summed E-state index contributed by atoms with van der Waals surface area (Å²) in [6.45, 7) is 2.89. The first kappa shape index (κ1) is 23.4. The summed E-state index contributed by atoms with van der Waals surface area (Å²) >= 11 is 0. The molecule has 4 aromatic rings. The summed E-state index contributed by atoms with van der Waals surface area (Å²) in [5.74, 6) is -0.550. The van der Waals surface area contributed by atoms with Gasteiger partial charge in [0.1, 0.15) is 4.90 Å². The molecule has 34 heavy (non-hydrogen) atoms. The van der Waals surface area contributed by atoms with Crippen LogP contribution in [0.5, 0.6) is 0 Å². The fourth-order valence-electron chi connectivity index (χ4n) is 3.81. The number of hydrogen-bond donors (Lipinski definition) is 1. The van der Waals surface area contributed by atoms with Gasteiger partial charge in [-0.25, -0.2) is 13.1 Å². The topological polar surface area (TPSA) is 66.5 Å². The van der Waals surface area contributed by atoms with E-state index in [-0.39, 0.29) is 10.5 Å². The molecule has 1 heterocycles. The third-order valence-electron chi connectivity index (χ3n) is 5.40. The Morgan fingerprint density at radius 2 is 0.941 bits per heavy atom. The van der Waals surface area contributed by atoms with E-state index < -0.39 is 15.9 Å². The molecule has 0 aromatic heterocycles. The molecular weight excluding hydrogens is 444 g/mol. The molecule has 6 heteroatoms. The van der Waals surface area contributed by atoms with Crippen LogP contribution >= 0.6 is 0 Å². The molecule has 0 saturated heterocycles. The van der Waals surface area contributed by atoms with Gasteiger partial charge in [0, 0.05) is 19.6 Å². The van der Waals surface area contributed by atoms with Crippen LogP contribution in [0.2, 0.25) is 0 Å². The van der Waals surface area contributed by atoms with E-state index >= 15 is 0 Å². The number of carbonyl (C=O) groups excluding carboxylic acids is 1. The fourth-order valence-corrected chi connectivity index (χ4v) is 4.99. The van der Waals surface area contributed by atoms with Crippen molar-refractivity contribution in [3.63, 3.8) is 0 Å². The van der Waals surface area contributed by atoms with Crippen LogP contribution < -0.4 is 4.72 Å². The molecule has 4 aromatic carbocycles. The first-order valence-electron chi connectivity index (χ1n) is 11.0. The molecule has 0 fully saturated rings. The molecule has 5 rings (SSSR count). The largest absolute Gasteiger partial charge is 0.291 e. The fraction of sp³-hybridized carbons (Fsp3) is 0.107. The lowest BCUT2D eigenvalue weighted by Gasteiger charge is -2.23. The van der Waals surface area contributed by atoms with Crippen LogP contribution in [-0.4, -0.2) is 19.2 Å². The highest BCUT2D eigenvalue weighted by atomic mass is 32.2. The summed E-state index contributed by atoms with van der Waals surface area (Å²) in [6, 6.07) is 38.1. The molecular formula is C28H26N2O3S. The lowest BCUT2D eigenvalue weighted by atomic mass is 10.1. The number of amides is 1. The molecule has 1 aliphatic rings. The maximum atomic E-state index is 11.1. The number of benzene rings is 4. The number of rotatable bonds is 6. The molecule has 0 aliphatic carbocycles. The molecule has 0 bridgehead atoms. The van der Waals surface area contributed by atoms with E-state index in [0.717, 1.165) is 19.6 Å². The van der Waals surface area contributed by atoms with E-state index in [0.29, 0.717) is 0 Å². The van der Waals surface area contributed by atoms with Crippen LogP contribution in [0.25, 0.3) is 0 Å². The first-order chi connectivity index (χ1) is 16.5. The van der Waals surface area contributed by atoms with Crippen molar-refractivity contribution < 1.29 is 13.2 Å². The summed E-state index contributed by atoms with van der Waals surface area (Å²) in [4.78, 5) is 13.5. The minimum absolute atomic E-state index is 0.0648. The third kappa shape index (κ3) is 6.19. The monoisotopic (exact) mass is 470 g/mol. The van der Waals surface area contributed by atoms with Gasteiger partial charge in [-0.15, -0.1) is 0 Å². The van der Waals surface area contributed by atoms with Gasteiger partial charge >= 0.3 is 0 Å². The predicted molar refractivity (Wildman–Crippen MR) is 133 cm³/mol. The van der Waals surface area contributed by atoms with E-state index in [1.165, 1.54) is 28.8 Å². The Hall–Kier alpha value is -3.74. The number of hydrogen-bond acceptors (Lipinski definition) is 4. The van der Waals surface area contributed by atoms with Crippen LogP contribution in [0.4, 0.5) is 0 Å². The molecule has 1 N–H and O–H groups in total. The summed E-state index contributed by atoms with van der Waals surface area (Å²) < 4.78 is 24.2. The second-order valence-electron chi connectivity index (χ2n) is 8.03. The SMILES string of the molecule is O=C1NS(=O)(=O)c2ccccc21.c1ccc(CN(Cc2ccccc2)Cc2ccccc2)cc1. The van der Waals surface area contributed by atoms with Crippen LogP contribution in [-0.2, 0) is 29.7 Å². The van der Waals surface area contributed by atoms with Crippen molar-refractivity contribution in [1.29, 1.82) is 0 Å². The summed E-state index contributed by atoms with van der Waals surface area (Å²) in [5.41, 5.74) is 4.29. The molecule has 5 nitrogen and oxygen atoms in total. The summed E-state index contributed by atoms with van der Waals surface area (Å²) in [6.07, 6.45) is 0. The van der Waals surface area contributed by atoms with Gasteiger partial charge < -0.3 is 0 Å². The van der Waals surface area contributed by atoms with Crippen molar-refractivity contribution in [3.05, 3.63) is 138 Å².